The Labute approximate surface area is 108 Å². The molecule has 2 rings (SSSR count). The maximum absolute atomic E-state index is 12.0. The number of hydrogen-bond donors (Lipinski definition) is 2. The molecule has 0 spiro atoms. The highest BCUT2D eigenvalue weighted by Gasteiger charge is 2.22. The van der Waals surface area contributed by atoms with Gasteiger partial charge in [0.2, 0.25) is 0 Å². The third-order valence-corrected chi connectivity index (χ3v) is 3.61. The minimum Gasteiger partial charge on any atom is -0.348 e. The summed E-state index contributed by atoms with van der Waals surface area (Å²) in [6.45, 7) is 3.16. The summed E-state index contributed by atoms with van der Waals surface area (Å²) in [6.07, 6.45) is 6.05. The molecule has 1 fully saturated rings. The van der Waals surface area contributed by atoms with Crippen LogP contribution in [0.25, 0.3) is 0 Å². The van der Waals surface area contributed by atoms with Gasteiger partial charge in [-0.25, -0.2) is 0 Å². The predicted molar refractivity (Wildman–Crippen MR) is 70.4 cm³/mol. The number of rotatable bonds is 4. The van der Waals surface area contributed by atoms with Crippen LogP contribution in [-0.4, -0.2) is 34.3 Å². The molecule has 1 saturated carbocycles. The molecule has 0 unspecified atom stereocenters. The van der Waals surface area contributed by atoms with Crippen molar-refractivity contribution in [3.63, 3.8) is 0 Å². The van der Waals surface area contributed by atoms with Crippen molar-refractivity contribution >= 4 is 5.91 Å². The minimum atomic E-state index is -0.0121. The van der Waals surface area contributed by atoms with Gasteiger partial charge in [-0.15, -0.1) is 0 Å². The van der Waals surface area contributed by atoms with Crippen LogP contribution in [0.4, 0.5) is 0 Å². The molecular weight excluding hydrogens is 228 g/mol. The second-order valence-electron chi connectivity index (χ2n) is 4.92. The topological polar surface area (TPSA) is 58.9 Å². The largest absolute Gasteiger partial charge is 0.348 e. The average molecular weight is 250 g/mol. The van der Waals surface area contributed by atoms with E-state index in [9.17, 15) is 4.79 Å². The van der Waals surface area contributed by atoms with Gasteiger partial charge in [-0.05, 0) is 38.3 Å². The molecule has 0 aromatic carbocycles. The van der Waals surface area contributed by atoms with Gasteiger partial charge in [0.1, 0.15) is 5.69 Å². The van der Waals surface area contributed by atoms with E-state index >= 15 is 0 Å². The second-order valence-corrected chi connectivity index (χ2v) is 4.92. The van der Waals surface area contributed by atoms with Crippen molar-refractivity contribution < 1.29 is 4.79 Å². The number of carbonyl (C=O) groups excluding carboxylic acids is 1. The Bertz CT molecular complexity index is 393. The lowest BCUT2D eigenvalue weighted by Crippen LogP contribution is -2.42. The zero-order chi connectivity index (χ0) is 13.0. The highest BCUT2D eigenvalue weighted by atomic mass is 16.2. The Morgan fingerprint density at radius 1 is 1.39 bits per heavy atom. The van der Waals surface area contributed by atoms with Gasteiger partial charge in [0, 0.05) is 25.3 Å². The van der Waals surface area contributed by atoms with Crippen LogP contribution < -0.4 is 10.6 Å². The van der Waals surface area contributed by atoms with Crippen molar-refractivity contribution in [3.8, 4) is 0 Å². The van der Waals surface area contributed by atoms with E-state index in [0.29, 0.717) is 17.8 Å². The first-order chi connectivity index (χ1) is 8.70. The quantitative estimate of drug-likeness (QED) is 0.840. The number of carbonyl (C=O) groups is 1. The summed E-state index contributed by atoms with van der Waals surface area (Å²) in [7, 11) is 1.79. The third-order valence-electron chi connectivity index (χ3n) is 3.61. The van der Waals surface area contributed by atoms with Crippen molar-refractivity contribution in [2.45, 2.75) is 44.7 Å². The Kier molecular flexibility index (Phi) is 4.36. The van der Waals surface area contributed by atoms with E-state index in [0.717, 1.165) is 32.2 Å². The number of nitrogens with one attached hydrogen (secondary N) is 2. The van der Waals surface area contributed by atoms with Crippen LogP contribution in [0.5, 0.6) is 0 Å². The summed E-state index contributed by atoms with van der Waals surface area (Å²) in [5.74, 6) is -0.0121. The molecule has 100 valence electrons. The van der Waals surface area contributed by atoms with Crippen LogP contribution in [0.15, 0.2) is 12.3 Å². The van der Waals surface area contributed by atoms with E-state index in [4.69, 9.17) is 0 Å². The van der Waals surface area contributed by atoms with E-state index < -0.39 is 0 Å². The van der Waals surface area contributed by atoms with Crippen molar-refractivity contribution in [3.05, 3.63) is 18.0 Å². The number of hydrogen-bond acceptors (Lipinski definition) is 3. The fraction of sp³-hybridized carbons (Fsp3) is 0.692. The van der Waals surface area contributed by atoms with Crippen LogP contribution in [0.1, 0.15) is 43.1 Å². The maximum atomic E-state index is 12.0. The van der Waals surface area contributed by atoms with Gasteiger partial charge in [0.15, 0.2) is 0 Å². The Balaban J connectivity index is 1.81. The Morgan fingerprint density at radius 3 is 2.61 bits per heavy atom. The minimum absolute atomic E-state index is 0.0121. The molecule has 1 aliphatic rings. The standard InChI is InChI=1S/C13H22N4O/c1-3-14-10-4-6-11(7-5-10)16-13(18)12-8-9-15-17(12)2/h8-11,14H,3-7H2,1-2H3,(H,16,18). The molecule has 1 aromatic heterocycles. The number of aromatic nitrogens is 2. The summed E-state index contributed by atoms with van der Waals surface area (Å²) < 4.78 is 1.61. The van der Waals surface area contributed by atoms with Crippen LogP contribution in [-0.2, 0) is 7.05 Å². The molecule has 1 aliphatic carbocycles. The molecule has 0 bridgehead atoms. The van der Waals surface area contributed by atoms with Crippen LogP contribution >= 0.6 is 0 Å². The molecule has 2 N–H and O–H groups in total. The highest BCUT2D eigenvalue weighted by molar-refractivity contribution is 5.92. The molecule has 0 radical (unpaired) electrons. The van der Waals surface area contributed by atoms with Crippen LogP contribution in [0.2, 0.25) is 0 Å². The zero-order valence-electron chi connectivity index (χ0n) is 11.1. The van der Waals surface area contributed by atoms with Crippen LogP contribution in [0, 0.1) is 0 Å². The second kappa shape index (κ2) is 6.00. The fourth-order valence-electron chi connectivity index (χ4n) is 2.59. The molecule has 0 atom stereocenters. The van der Waals surface area contributed by atoms with Crippen LogP contribution in [0.3, 0.4) is 0 Å². The van der Waals surface area contributed by atoms with Crippen molar-refractivity contribution in [1.29, 1.82) is 0 Å². The predicted octanol–water partition coefficient (Wildman–Crippen LogP) is 1.07. The number of amides is 1. The van der Waals surface area contributed by atoms with Gasteiger partial charge in [0.05, 0.1) is 0 Å². The Hall–Kier alpha value is -1.36. The smallest absolute Gasteiger partial charge is 0.269 e. The first-order valence-electron chi connectivity index (χ1n) is 6.73. The molecule has 18 heavy (non-hydrogen) atoms. The van der Waals surface area contributed by atoms with Crippen molar-refractivity contribution in [2.24, 2.45) is 7.05 Å². The molecule has 5 nitrogen and oxygen atoms in total. The Morgan fingerprint density at radius 2 is 2.06 bits per heavy atom. The van der Waals surface area contributed by atoms with E-state index in [1.807, 2.05) is 0 Å². The highest BCUT2D eigenvalue weighted by Crippen LogP contribution is 2.18. The lowest BCUT2D eigenvalue weighted by molar-refractivity contribution is 0.0915. The van der Waals surface area contributed by atoms with Gasteiger partial charge in [0.25, 0.3) is 5.91 Å². The van der Waals surface area contributed by atoms with E-state index in [2.05, 4.69) is 22.7 Å². The number of aryl methyl sites for hydroxylation is 1. The first kappa shape index (κ1) is 13.1. The average Bonchev–Trinajstić information content (AvgIpc) is 2.78. The summed E-state index contributed by atoms with van der Waals surface area (Å²) in [5, 5.41) is 10.6. The fourth-order valence-corrected chi connectivity index (χ4v) is 2.59. The number of nitrogens with zero attached hydrogens (tertiary/aromatic N) is 2. The molecule has 1 amide bonds. The summed E-state index contributed by atoms with van der Waals surface area (Å²) >= 11 is 0. The SMILES string of the molecule is CCNC1CCC(NC(=O)c2ccnn2C)CC1. The lowest BCUT2D eigenvalue weighted by atomic mass is 9.91. The van der Waals surface area contributed by atoms with E-state index in [1.54, 1.807) is 24.0 Å². The van der Waals surface area contributed by atoms with Crippen molar-refractivity contribution in [2.75, 3.05) is 6.54 Å². The van der Waals surface area contributed by atoms with E-state index in [1.165, 1.54) is 0 Å². The molecule has 0 saturated heterocycles. The lowest BCUT2D eigenvalue weighted by Gasteiger charge is -2.29. The van der Waals surface area contributed by atoms with Gasteiger partial charge < -0.3 is 10.6 Å². The monoisotopic (exact) mass is 250 g/mol. The molecule has 1 heterocycles. The van der Waals surface area contributed by atoms with E-state index in [-0.39, 0.29) is 5.91 Å². The van der Waals surface area contributed by atoms with Crippen molar-refractivity contribution in [1.82, 2.24) is 20.4 Å². The molecular formula is C13H22N4O. The zero-order valence-corrected chi connectivity index (χ0v) is 11.1. The molecule has 5 heteroatoms. The summed E-state index contributed by atoms with van der Waals surface area (Å²) in [6, 6.07) is 2.68. The van der Waals surface area contributed by atoms with Gasteiger partial charge in [-0.1, -0.05) is 6.92 Å². The normalized spacial score (nSPS) is 23.9. The molecule has 0 aliphatic heterocycles. The molecule has 1 aromatic rings. The van der Waals surface area contributed by atoms with Gasteiger partial charge >= 0.3 is 0 Å². The summed E-state index contributed by atoms with van der Waals surface area (Å²) in [4.78, 5) is 12.0. The maximum Gasteiger partial charge on any atom is 0.269 e. The summed E-state index contributed by atoms with van der Waals surface area (Å²) in [5.41, 5.74) is 0.629. The van der Waals surface area contributed by atoms with Gasteiger partial charge in [-0.2, -0.15) is 5.10 Å². The first-order valence-corrected chi connectivity index (χ1v) is 6.73. The van der Waals surface area contributed by atoms with Gasteiger partial charge in [-0.3, -0.25) is 9.48 Å². The third kappa shape index (κ3) is 3.10.